The summed E-state index contributed by atoms with van der Waals surface area (Å²) in [5.41, 5.74) is 3.35. The lowest BCUT2D eigenvalue weighted by Gasteiger charge is -2.29. The van der Waals surface area contributed by atoms with Gasteiger partial charge in [0.15, 0.2) is 5.69 Å². The van der Waals surface area contributed by atoms with Crippen molar-refractivity contribution < 1.29 is 4.79 Å². The Bertz CT molecular complexity index is 1370. The molecule has 0 saturated carbocycles. The van der Waals surface area contributed by atoms with E-state index in [-0.39, 0.29) is 11.5 Å². The Labute approximate surface area is 205 Å². The molecule has 1 saturated heterocycles. The van der Waals surface area contributed by atoms with Crippen molar-refractivity contribution in [3.63, 3.8) is 0 Å². The summed E-state index contributed by atoms with van der Waals surface area (Å²) in [4.78, 5) is 30.7. The average molecular weight is 467 g/mol. The molecule has 0 atom stereocenters. The number of hydrogen-bond acceptors (Lipinski definition) is 4. The van der Waals surface area contributed by atoms with Crippen LogP contribution in [0.1, 0.15) is 40.9 Å². The summed E-state index contributed by atoms with van der Waals surface area (Å²) in [6.45, 7) is 2.99. The number of anilines is 1. The monoisotopic (exact) mass is 466 g/mol. The largest absolute Gasteiger partial charge is 0.372 e. The SMILES string of the molecule is CN(Cc1ccc(N2CCCCC2)cc1)C(=O)c1nn(Cc2ccccc2)c(=O)c2ccccc12. The van der Waals surface area contributed by atoms with Crippen LogP contribution in [0.4, 0.5) is 5.69 Å². The lowest BCUT2D eigenvalue weighted by molar-refractivity contribution is 0.0779. The average Bonchev–Trinajstić information content (AvgIpc) is 2.91. The van der Waals surface area contributed by atoms with Crippen molar-refractivity contribution in [1.29, 1.82) is 0 Å². The molecule has 6 heteroatoms. The van der Waals surface area contributed by atoms with E-state index in [4.69, 9.17) is 0 Å². The summed E-state index contributed by atoms with van der Waals surface area (Å²) in [5, 5.41) is 5.62. The molecule has 0 unspecified atom stereocenters. The number of benzene rings is 3. The molecular weight excluding hydrogens is 436 g/mol. The van der Waals surface area contributed by atoms with Crippen LogP contribution in [0.3, 0.4) is 0 Å². The summed E-state index contributed by atoms with van der Waals surface area (Å²) >= 11 is 0. The maximum absolute atomic E-state index is 13.5. The molecule has 0 radical (unpaired) electrons. The molecule has 4 aromatic rings. The van der Waals surface area contributed by atoms with Crippen molar-refractivity contribution in [3.8, 4) is 0 Å². The predicted molar refractivity (Wildman–Crippen MR) is 140 cm³/mol. The van der Waals surface area contributed by atoms with E-state index in [1.165, 1.54) is 29.6 Å². The Hall–Kier alpha value is -3.93. The number of fused-ring (bicyclic) bond motifs is 1. The van der Waals surface area contributed by atoms with Gasteiger partial charge in [-0.05, 0) is 48.6 Å². The second kappa shape index (κ2) is 10.1. The van der Waals surface area contributed by atoms with Crippen molar-refractivity contribution in [2.45, 2.75) is 32.4 Å². The van der Waals surface area contributed by atoms with E-state index in [2.05, 4.69) is 34.3 Å². The molecule has 0 N–H and O–H groups in total. The molecule has 0 spiro atoms. The number of aromatic nitrogens is 2. The minimum absolute atomic E-state index is 0.197. The fourth-order valence-electron chi connectivity index (χ4n) is 4.75. The molecule has 2 heterocycles. The van der Waals surface area contributed by atoms with E-state index < -0.39 is 0 Å². The van der Waals surface area contributed by atoms with Gasteiger partial charge in [-0.1, -0.05) is 60.7 Å². The quantitative estimate of drug-likeness (QED) is 0.413. The van der Waals surface area contributed by atoms with Gasteiger partial charge < -0.3 is 9.80 Å². The molecule has 3 aromatic carbocycles. The van der Waals surface area contributed by atoms with Gasteiger partial charge in [-0.3, -0.25) is 9.59 Å². The first-order chi connectivity index (χ1) is 17.1. The third-order valence-corrected chi connectivity index (χ3v) is 6.67. The zero-order valence-electron chi connectivity index (χ0n) is 20.1. The Morgan fingerprint density at radius 3 is 2.20 bits per heavy atom. The number of hydrogen-bond donors (Lipinski definition) is 0. The second-order valence-electron chi connectivity index (χ2n) is 9.22. The molecule has 1 aliphatic rings. The molecule has 0 bridgehead atoms. The summed E-state index contributed by atoms with van der Waals surface area (Å²) in [5.74, 6) is -0.205. The molecule has 5 rings (SSSR count). The number of nitrogens with zero attached hydrogens (tertiary/aromatic N) is 4. The van der Waals surface area contributed by atoms with E-state index in [1.807, 2.05) is 42.5 Å². The van der Waals surface area contributed by atoms with E-state index in [1.54, 1.807) is 24.1 Å². The first-order valence-corrected chi connectivity index (χ1v) is 12.2. The minimum Gasteiger partial charge on any atom is -0.372 e. The zero-order valence-corrected chi connectivity index (χ0v) is 20.1. The van der Waals surface area contributed by atoms with Gasteiger partial charge in [-0.2, -0.15) is 5.10 Å². The van der Waals surface area contributed by atoms with Crippen LogP contribution in [0.5, 0.6) is 0 Å². The molecule has 0 aliphatic carbocycles. The van der Waals surface area contributed by atoms with Gasteiger partial charge >= 0.3 is 0 Å². The lowest BCUT2D eigenvalue weighted by Crippen LogP contribution is -2.32. The zero-order chi connectivity index (χ0) is 24.2. The van der Waals surface area contributed by atoms with Gasteiger partial charge in [-0.15, -0.1) is 0 Å². The topological polar surface area (TPSA) is 58.4 Å². The van der Waals surface area contributed by atoms with Gasteiger partial charge in [0.1, 0.15) is 0 Å². The summed E-state index contributed by atoms with van der Waals surface area (Å²) in [7, 11) is 1.78. The van der Waals surface area contributed by atoms with Crippen molar-refractivity contribution in [2.75, 3.05) is 25.0 Å². The van der Waals surface area contributed by atoms with Crippen LogP contribution in [-0.2, 0) is 13.1 Å². The standard InChI is InChI=1S/C29H30N4O2/c1-31(20-23-14-16-24(17-15-23)32-18-8-3-9-19-32)29(35)27-25-12-6-7-13-26(25)28(34)33(30-27)21-22-10-4-2-5-11-22/h2,4-7,10-17H,3,8-9,18-21H2,1H3. The van der Waals surface area contributed by atoms with Crippen LogP contribution < -0.4 is 10.5 Å². The Balaban J connectivity index is 1.40. The van der Waals surface area contributed by atoms with Gasteiger partial charge in [0.2, 0.25) is 0 Å². The highest BCUT2D eigenvalue weighted by atomic mass is 16.2. The summed E-state index contributed by atoms with van der Waals surface area (Å²) in [6, 6.07) is 25.4. The van der Waals surface area contributed by atoms with E-state index in [0.717, 1.165) is 24.2 Å². The number of amides is 1. The van der Waals surface area contributed by atoms with Gasteiger partial charge in [0.05, 0.1) is 11.9 Å². The molecule has 178 valence electrons. The number of rotatable bonds is 6. The Morgan fingerprint density at radius 1 is 0.829 bits per heavy atom. The van der Waals surface area contributed by atoms with Crippen molar-refractivity contribution in [3.05, 3.63) is 106 Å². The van der Waals surface area contributed by atoms with Crippen LogP contribution in [0.15, 0.2) is 83.7 Å². The first-order valence-electron chi connectivity index (χ1n) is 12.2. The highest BCUT2D eigenvalue weighted by molar-refractivity contribution is 6.04. The second-order valence-corrected chi connectivity index (χ2v) is 9.22. The molecule has 1 aliphatic heterocycles. The summed E-state index contributed by atoms with van der Waals surface area (Å²) in [6.07, 6.45) is 3.79. The van der Waals surface area contributed by atoms with E-state index in [9.17, 15) is 9.59 Å². The maximum atomic E-state index is 13.5. The van der Waals surface area contributed by atoms with Gasteiger partial charge in [-0.25, -0.2) is 4.68 Å². The Kier molecular flexibility index (Phi) is 6.62. The number of piperidine rings is 1. The summed E-state index contributed by atoms with van der Waals surface area (Å²) < 4.78 is 1.39. The van der Waals surface area contributed by atoms with Crippen LogP contribution in [-0.4, -0.2) is 40.7 Å². The highest BCUT2D eigenvalue weighted by Crippen LogP contribution is 2.21. The van der Waals surface area contributed by atoms with E-state index in [0.29, 0.717) is 29.6 Å². The van der Waals surface area contributed by atoms with Gasteiger partial charge in [0.25, 0.3) is 11.5 Å². The smallest absolute Gasteiger partial charge is 0.274 e. The van der Waals surface area contributed by atoms with Crippen LogP contribution >= 0.6 is 0 Å². The van der Waals surface area contributed by atoms with Crippen LogP contribution in [0, 0.1) is 0 Å². The van der Waals surface area contributed by atoms with Crippen LogP contribution in [0.2, 0.25) is 0 Å². The molecule has 6 nitrogen and oxygen atoms in total. The third kappa shape index (κ3) is 4.97. The van der Waals surface area contributed by atoms with Crippen LogP contribution in [0.25, 0.3) is 10.8 Å². The van der Waals surface area contributed by atoms with E-state index >= 15 is 0 Å². The molecule has 1 fully saturated rings. The minimum atomic E-state index is -0.205. The predicted octanol–water partition coefficient (Wildman–Crippen LogP) is 4.71. The Morgan fingerprint density at radius 2 is 1.49 bits per heavy atom. The molecular formula is C29H30N4O2. The normalized spacial score (nSPS) is 13.7. The maximum Gasteiger partial charge on any atom is 0.274 e. The van der Waals surface area contributed by atoms with Crippen molar-refractivity contribution in [1.82, 2.24) is 14.7 Å². The molecule has 1 aromatic heterocycles. The fraction of sp³-hybridized carbons (Fsp3) is 0.276. The van der Waals surface area contributed by atoms with Crippen molar-refractivity contribution >= 4 is 22.4 Å². The van der Waals surface area contributed by atoms with Gasteiger partial charge in [0, 0.05) is 37.8 Å². The highest BCUT2D eigenvalue weighted by Gasteiger charge is 2.20. The molecule has 35 heavy (non-hydrogen) atoms. The number of carbonyl (C=O) groups excluding carboxylic acids is 1. The number of carbonyl (C=O) groups is 1. The third-order valence-electron chi connectivity index (χ3n) is 6.67. The molecule has 1 amide bonds. The van der Waals surface area contributed by atoms with Crippen molar-refractivity contribution in [2.24, 2.45) is 0 Å². The fourth-order valence-corrected chi connectivity index (χ4v) is 4.75. The lowest BCUT2D eigenvalue weighted by atomic mass is 10.1. The first kappa shape index (κ1) is 22.8.